The Hall–Kier alpha value is -1.70. The summed E-state index contributed by atoms with van der Waals surface area (Å²) in [5.74, 6) is -4.43. The third kappa shape index (κ3) is 3.88. The van der Waals surface area contributed by atoms with Crippen LogP contribution in [-0.4, -0.2) is 26.6 Å². The fourth-order valence-electron chi connectivity index (χ4n) is 1.44. The number of rotatable bonds is 5. The van der Waals surface area contributed by atoms with Crippen molar-refractivity contribution in [2.75, 3.05) is 18.0 Å². The number of nitrogens with one attached hydrogen (secondary N) is 1. The van der Waals surface area contributed by atoms with Crippen molar-refractivity contribution in [2.45, 2.75) is 18.2 Å². The van der Waals surface area contributed by atoms with Gasteiger partial charge in [0.1, 0.15) is 22.3 Å². The number of benzene rings is 1. The van der Waals surface area contributed by atoms with Crippen molar-refractivity contribution in [3.63, 3.8) is 0 Å². The summed E-state index contributed by atoms with van der Waals surface area (Å²) < 4.78 is 50.5. The van der Waals surface area contributed by atoms with Gasteiger partial charge < -0.3 is 11.1 Å². The van der Waals surface area contributed by atoms with Crippen molar-refractivity contribution in [2.24, 2.45) is 0 Å². The van der Waals surface area contributed by atoms with Crippen LogP contribution in [0.15, 0.2) is 17.0 Å². The van der Waals surface area contributed by atoms with Crippen molar-refractivity contribution < 1.29 is 22.0 Å². The van der Waals surface area contributed by atoms with Gasteiger partial charge in [0.2, 0.25) is 5.91 Å². The molecule has 0 bridgehead atoms. The van der Waals surface area contributed by atoms with E-state index in [0.717, 1.165) is 0 Å². The summed E-state index contributed by atoms with van der Waals surface area (Å²) in [6, 6.07) is 1.39. The third-order valence-corrected chi connectivity index (χ3v) is 3.88. The molecule has 0 saturated carbocycles. The molecule has 0 spiro atoms. The molecule has 0 aliphatic rings. The molecular weight excluding hydrogens is 278 g/mol. The van der Waals surface area contributed by atoms with E-state index < -0.39 is 38.0 Å². The monoisotopic (exact) mass is 292 g/mol. The Kier molecular flexibility index (Phi) is 4.82. The maximum absolute atomic E-state index is 13.5. The first-order valence-corrected chi connectivity index (χ1v) is 7.17. The maximum Gasteiger partial charge on any atom is 0.235 e. The van der Waals surface area contributed by atoms with Crippen molar-refractivity contribution in [1.29, 1.82) is 0 Å². The van der Waals surface area contributed by atoms with Crippen LogP contribution in [-0.2, 0) is 14.6 Å². The fourth-order valence-corrected chi connectivity index (χ4v) is 2.74. The summed E-state index contributed by atoms with van der Waals surface area (Å²) in [4.78, 5) is 10.2. The van der Waals surface area contributed by atoms with E-state index in [1.54, 1.807) is 6.92 Å². The van der Waals surface area contributed by atoms with Crippen LogP contribution < -0.4 is 11.1 Å². The van der Waals surface area contributed by atoms with E-state index in [0.29, 0.717) is 25.1 Å². The second-order valence-corrected chi connectivity index (χ2v) is 5.85. The minimum absolute atomic E-state index is 0.232. The molecule has 19 heavy (non-hydrogen) atoms. The summed E-state index contributed by atoms with van der Waals surface area (Å²) in [7, 11) is -4.39. The molecule has 0 saturated heterocycles. The summed E-state index contributed by atoms with van der Waals surface area (Å²) in [5, 5.41) is 2.32. The van der Waals surface area contributed by atoms with E-state index in [4.69, 9.17) is 5.73 Å². The first-order chi connectivity index (χ1) is 8.77. The standard InChI is InChI=1S/C11H14F2N2O3S/c1-2-3-15-10(16)6-19(17,18)11-8(12)4-7(14)5-9(11)13/h4-5H,2-3,6,14H2,1H3,(H,15,16). The second-order valence-electron chi connectivity index (χ2n) is 3.92. The van der Waals surface area contributed by atoms with Crippen molar-refractivity contribution in [1.82, 2.24) is 5.32 Å². The summed E-state index contributed by atoms with van der Waals surface area (Å²) >= 11 is 0. The largest absolute Gasteiger partial charge is 0.399 e. The topological polar surface area (TPSA) is 89.3 Å². The highest BCUT2D eigenvalue weighted by Gasteiger charge is 2.27. The van der Waals surface area contributed by atoms with E-state index in [1.807, 2.05) is 0 Å². The number of sulfone groups is 1. The number of carbonyl (C=O) groups is 1. The van der Waals surface area contributed by atoms with Gasteiger partial charge in [-0.25, -0.2) is 17.2 Å². The zero-order valence-corrected chi connectivity index (χ0v) is 11.1. The molecule has 1 rings (SSSR count). The highest BCUT2D eigenvalue weighted by molar-refractivity contribution is 7.92. The molecule has 0 aliphatic heterocycles. The first kappa shape index (κ1) is 15.4. The van der Waals surface area contributed by atoms with E-state index in [2.05, 4.69) is 5.32 Å². The van der Waals surface area contributed by atoms with Gasteiger partial charge in [-0.1, -0.05) is 6.92 Å². The summed E-state index contributed by atoms with van der Waals surface area (Å²) in [6.45, 7) is 2.08. The smallest absolute Gasteiger partial charge is 0.235 e. The Morgan fingerprint density at radius 3 is 2.32 bits per heavy atom. The van der Waals surface area contributed by atoms with E-state index in [-0.39, 0.29) is 5.69 Å². The number of halogens is 2. The van der Waals surface area contributed by atoms with Crippen LogP contribution in [0.1, 0.15) is 13.3 Å². The van der Waals surface area contributed by atoms with Crippen LogP contribution in [0, 0.1) is 11.6 Å². The van der Waals surface area contributed by atoms with Gasteiger partial charge in [0.25, 0.3) is 0 Å². The molecule has 1 aromatic carbocycles. The molecular formula is C11H14F2N2O3S. The zero-order chi connectivity index (χ0) is 14.6. The zero-order valence-electron chi connectivity index (χ0n) is 10.2. The van der Waals surface area contributed by atoms with Gasteiger partial charge in [0, 0.05) is 12.2 Å². The molecule has 106 valence electrons. The molecule has 0 heterocycles. The normalized spacial score (nSPS) is 11.3. The number of nitrogens with two attached hydrogens (primary N) is 1. The van der Waals surface area contributed by atoms with Crippen molar-refractivity contribution >= 4 is 21.4 Å². The number of amides is 1. The summed E-state index contributed by atoms with van der Waals surface area (Å²) in [6.07, 6.45) is 0.621. The lowest BCUT2D eigenvalue weighted by atomic mass is 10.3. The molecule has 1 amide bonds. The van der Waals surface area contributed by atoms with E-state index in [1.165, 1.54) is 0 Å². The predicted octanol–water partition coefficient (Wildman–Crippen LogP) is 0.847. The predicted molar refractivity (Wildman–Crippen MR) is 66.1 cm³/mol. The Morgan fingerprint density at radius 1 is 1.32 bits per heavy atom. The van der Waals surface area contributed by atoms with E-state index in [9.17, 15) is 22.0 Å². The minimum Gasteiger partial charge on any atom is -0.399 e. The second kappa shape index (κ2) is 5.96. The lowest BCUT2D eigenvalue weighted by Gasteiger charge is -2.08. The Morgan fingerprint density at radius 2 is 1.84 bits per heavy atom. The quantitative estimate of drug-likeness (QED) is 0.787. The molecule has 0 fully saturated rings. The van der Waals surface area contributed by atoms with Crippen LogP contribution in [0.25, 0.3) is 0 Å². The van der Waals surface area contributed by atoms with Gasteiger partial charge in [-0.3, -0.25) is 4.79 Å². The van der Waals surface area contributed by atoms with Crippen LogP contribution in [0.2, 0.25) is 0 Å². The third-order valence-electron chi connectivity index (χ3n) is 2.22. The molecule has 0 aromatic heterocycles. The van der Waals surface area contributed by atoms with E-state index >= 15 is 0 Å². The Labute approximate surface area is 109 Å². The number of hydrogen-bond donors (Lipinski definition) is 2. The van der Waals surface area contributed by atoms with Crippen LogP contribution in [0.5, 0.6) is 0 Å². The molecule has 0 unspecified atom stereocenters. The minimum atomic E-state index is -4.39. The van der Waals surface area contributed by atoms with Crippen LogP contribution in [0.4, 0.5) is 14.5 Å². The van der Waals surface area contributed by atoms with Gasteiger partial charge in [-0.2, -0.15) is 0 Å². The maximum atomic E-state index is 13.5. The lowest BCUT2D eigenvalue weighted by molar-refractivity contribution is -0.118. The number of hydrogen-bond acceptors (Lipinski definition) is 4. The number of anilines is 1. The Balaban J connectivity index is 3.05. The van der Waals surface area contributed by atoms with Gasteiger partial charge in [0.05, 0.1) is 0 Å². The highest BCUT2D eigenvalue weighted by atomic mass is 32.2. The van der Waals surface area contributed by atoms with Crippen molar-refractivity contribution in [3.8, 4) is 0 Å². The summed E-state index contributed by atoms with van der Waals surface area (Å²) in [5.41, 5.74) is 4.95. The van der Waals surface area contributed by atoms with Crippen LogP contribution in [0.3, 0.4) is 0 Å². The molecule has 1 aromatic rings. The number of carbonyl (C=O) groups excluding carboxylic acids is 1. The molecule has 8 heteroatoms. The van der Waals surface area contributed by atoms with Crippen LogP contribution >= 0.6 is 0 Å². The Bertz CT molecular complexity index is 565. The average Bonchev–Trinajstić information content (AvgIpc) is 2.23. The molecule has 5 nitrogen and oxygen atoms in total. The average molecular weight is 292 g/mol. The fraction of sp³-hybridized carbons (Fsp3) is 0.364. The van der Waals surface area contributed by atoms with Gasteiger partial charge in [-0.15, -0.1) is 0 Å². The molecule has 3 N–H and O–H groups in total. The lowest BCUT2D eigenvalue weighted by Crippen LogP contribution is -2.31. The number of nitrogen functional groups attached to an aromatic ring is 1. The van der Waals surface area contributed by atoms with Gasteiger partial charge in [-0.05, 0) is 18.6 Å². The SMILES string of the molecule is CCCNC(=O)CS(=O)(=O)c1c(F)cc(N)cc1F. The molecule has 0 radical (unpaired) electrons. The molecule has 0 aliphatic carbocycles. The van der Waals surface area contributed by atoms with Gasteiger partial charge >= 0.3 is 0 Å². The first-order valence-electron chi connectivity index (χ1n) is 5.52. The highest BCUT2D eigenvalue weighted by Crippen LogP contribution is 2.22. The van der Waals surface area contributed by atoms with Crippen molar-refractivity contribution in [3.05, 3.63) is 23.8 Å². The van der Waals surface area contributed by atoms with Gasteiger partial charge in [0.15, 0.2) is 9.84 Å². The molecule has 0 atom stereocenters.